The Labute approximate surface area is 155 Å². The third kappa shape index (κ3) is 3.89. The van der Waals surface area contributed by atoms with Crippen LogP contribution < -0.4 is 4.74 Å². The van der Waals surface area contributed by atoms with Gasteiger partial charge in [0, 0.05) is 6.04 Å². The van der Waals surface area contributed by atoms with Crippen molar-refractivity contribution in [2.24, 2.45) is 0 Å². The van der Waals surface area contributed by atoms with Gasteiger partial charge < -0.3 is 4.74 Å². The van der Waals surface area contributed by atoms with Crippen LogP contribution >= 0.6 is 35.0 Å². The second-order valence-corrected chi connectivity index (χ2v) is 6.92. The fourth-order valence-corrected chi connectivity index (χ4v) is 3.65. The van der Waals surface area contributed by atoms with Gasteiger partial charge in [-0.05, 0) is 48.9 Å². The van der Waals surface area contributed by atoms with Crippen LogP contribution in [0.25, 0.3) is 6.08 Å². The quantitative estimate of drug-likeness (QED) is 0.538. The largest absolute Gasteiger partial charge is 0.478 e. The zero-order chi connectivity index (χ0) is 17.9. The Morgan fingerprint density at radius 2 is 2.00 bits per heavy atom. The maximum absolute atomic E-state index is 12.4. The van der Waals surface area contributed by atoms with Gasteiger partial charge in [-0.3, -0.25) is 14.5 Å². The molecule has 0 spiro atoms. The molecule has 0 bridgehead atoms. The van der Waals surface area contributed by atoms with Crippen LogP contribution in [0.15, 0.2) is 17.0 Å². The molecule has 1 unspecified atom stereocenters. The second kappa shape index (κ2) is 7.98. The summed E-state index contributed by atoms with van der Waals surface area (Å²) in [5.41, 5.74) is 0.604. The molecule has 4 nitrogen and oxygen atoms in total. The van der Waals surface area contributed by atoms with E-state index in [9.17, 15) is 9.59 Å². The molecule has 1 aliphatic rings. The third-order valence-corrected chi connectivity index (χ3v) is 4.92. The van der Waals surface area contributed by atoms with Crippen molar-refractivity contribution < 1.29 is 14.3 Å². The molecule has 0 saturated carbocycles. The molecule has 0 N–H and O–H groups in total. The molecule has 1 aromatic carbocycles. The van der Waals surface area contributed by atoms with Crippen molar-refractivity contribution in [2.45, 2.75) is 26.3 Å². The summed E-state index contributed by atoms with van der Waals surface area (Å²) in [5, 5.41) is 0.294. The number of amides is 2. The van der Waals surface area contributed by atoms with E-state index < -0.39 is 0 Å². The topological polar surface area (TPSA) is 46.6 Å². The lowest BCUT2D eigenvalue weighted by atomic mass is 10.2. The molecule has 0 radical (unpaired) electrons. The Bertz CT molecular complexity index is 732. The van der Waals surface area contributed by atoms with Gasteiger partial charge >= 0.3 is 0 Å². The van der Waals surface area contributed by atoms with Crippen LogP contribution in [0.1, 0.15) is 25.8 Å². The average molecular weight is 384 g/mol. The number of carbonyl (C=O) groups excluding carboxylic acids is 2. The monoisotopic (exact) mass is 383 g/mol. The van der Waals surface area contributed by atoms with Gasteiger partial charge in [0.25, 0.3) is 11.1 Å². The number of ether oxygens (including phenoxy) is 1. The molecule has 7 heteroatoms. The van der Waals surface area contributed by atoms with Crippen molar-refractivity contribution in [3.8, 4) is 18.1 Å². The molecule has 1 saturated heterocycles. The van der Waals surface area contributed by atoms with Gasteiger partial charge in [0.15, 0.2) is 5.75 Å². The van der Waals surface area contributed by atoms with E-state index in [1.165, 1.54) is 4.90 Å². The van der Waals surface area contributed by atoms with E-state index >= 15 is 0 Å². The lowest BCUT2D eigenvalue weighted by Gasteiger charge is -2.19. The van der Waals surface area contributed by atoms with Gasteiger partial charge in [0.05, 0.1) is 15.0 Å². The van der Waals surface area contributed by atoms with Crippen LogP contribution in [0, 0.1) is 12.3 Å². The number of terminal acetylenes is 1. The number of benzene rings is 1. The van der Waals surface area contributed by atoms with Crippen LogP contribution in [-0.2, 0) is 4.79 Å². The fourth-order valence-electron chi connectivity index (χ4n) is 2.11. The molecule has 1 aromatic rings. The zero-order valence-corrected chi connectivity index (χ0v) is 15.5. The molecule has 2 amide bonds. The minimum absolute atomic E-state index is 0.0482. The maximum atomic E-state index is 12.4. The average Bonchev–Trinajstić information content (AvgIpc) is 2.80. The van der Waals surface area contributed by atoms with Crippen LogP contribution in [-0.4, -0.2) is 28.7 Å². The first-order chi connectivity index (χ1) is 11.4. The lowest BCUT2D eigenvalue weighted by Crippen LogP contribution is -2.36. The molecule has 1 fully saturated rings. The molecule has 0 aromatic heterocycles. The Kier molecular flexibility index (Phi) is 6.22. The van der Waals surface area contributed by atoms with E-state index in [1.807, 2.05) is 13.8 Å². The predicted molar refractivity (Wildman–Crippen MR) is 98.4 cm³/mol. The summed E-state index contributed by atoms with van der Waals surface area (Å²) < 4.78 is 5.29. The van der Waals surface area contributed by atoms with Crippen molar-refractivity contribution in [3.63, 3.8) is 0 Å². The van der Waals surface area contributed by atoms with Crippen LogP contribution in [0.5, 0.6) is 5.75 Å². The Morgan fingerprint density at radius 1 is 1.38 bits per heavy atom. The zero-order valence-electron chi connectivity index (χ0n) is 13.1. The van der Waals surface area contributed by atoms with E-state index in [0.29, 0.717) is 22.6 Å². The first-order valence-electron chi connectivity index (χ1n) is 7.21. The number of halogens is 2. The Hall–Kier alpha value is -1.61. The van der Waals surface area contributed by atoms with E-state index in [0.717, 1.165) is 11.8 Å². The highest BCUT2D eigenvalue weighted by molar-refractivity contribution is 8.18. The number of thioether (sulfide) groups is 1. The minimum Gasteiger partial charge on any atom is -0.478 e. The summed E-state index contributed by atoms with van der Waals surface area (Å²) in [6.07, 6.45) is 7.44. The number of imide groups is 1. The molecule has 1 heterocycles. The summed E-state index contributed by atoms with van der Waals surface area (Å²) in [6, 6.07) is 3.07. The highest BCUT2D eigenvalue weighted by Gasteiger charge is 2.37. The highest BCUT2D eigenvalue weighted by atomic mass is 35.5. The fraction of sp³-hybridized carbons (Fsp3) is 0.294. The van der Waals surface area contributed by atoms with Crippen LogP contribution in [0.2, 0.25) is 10.0 Å². The molecular weight excluding hydrogens is 369 g/mol. The second-order valence-electron chi connectivity index (χ2n) is 5.12. The predicted octanol–water partition coefficient (Wildman–Crippen LogP) is 4.84. The van der Waals surface area contributed by atoms with E-state index in [2.05, 4.69) is 5.92 Å². The maximum Gasteiger partial charge on any atom is 0.293 e. The van der Waals surface area contributed by atoms with Crippen LogP contribution in [0.3, 0.4) is 0 Å². The van der Waals surface area contributed by atoms with Gasteiger partial charge in [-0.25, -0.2) is 0 Å². The standard InChI is InChI=1S/C17H15Cl2NO3S/c1-4-6-23-15-12(18)7-11(8-13(15)19)9-14-16(21)20(10(3)5-2)17(22)24-14/h1,7-10H,5-6H2,2-3H3. The molecule has 1 aliphatic heterocycles. The van der Waals surface area contributed by atoms with Crippen molar-refractivity contribution in [2.75, 3.05) is 6.61 Å². The van der Waals surface area contributed by atoms with E-state index in [1.54, 1.807) is 18.2 Å². The number of hydrogen-bond acceptors (Lipinski definition) is 4. The summed E-state index contributed by atoms with van der Waals surface area (Å²) in [4.78, 5) is 26.0. The van der Waals surface area contributed by atoms with Crippen molar-refractivity contribution >= 4 is 52.2 Å². The summed E-state index contributed by atoms with van der Waals surface area (Å²) in [5.74, 6) is 2.32. The first-order valence-corrected chi connectivity index (χ1v) is 8.78. The molecule has 0 aliphatic carbocycles. The molecule has 126 valence electrons. The van der Waals surface area contributed by atoms with Crippen molar-refractivity contribution in [1.29, 1.82) is 0 Å². The number of rotatable bonds is 5. The molecule has 2 rings (SSSR count). The van der Waals surface area contributed by atoms with Crippen molar-refractivity contribution in [1.82, 2.24) is 4.90 Å². The van der Waals surface area contributed by atoms with Gasteiger partial charge in [0.1, 0.15) is 6.61 Å². The molecule has 24 heavy (non-hydrogen) atoms. The normalized spacial score (nSPS) is 17.3. The van der Waals surface area contributed by atoms with E-state index in [-0.39, 0.29) is 33.8 Å². The number of hydrogen-bond donors (Lipinski definition) is 0. The lowest BCUT2D eigenvalue weighted by molar-refractivity contribution is -0.124. The highest BCUT2D eigenvalue weighted by Crippen LogP contribution is 2.38. The first kappa shape index (κ1) is 18.7. The van der Waals surface area contributed by atoms with Gasteiger partial charge in [0.2, 0.25) is 0 Å². The van der Waals surface area contributed by atoms with Gasteiger partial charge in [-0.15, -0.1) is 6.42 Å². The van der Waals surface area contributed by atoms with Crippen molar-refractivity contribution in [3.05, 3.63) is 32.6 Å². The SMILES string of the molecule is C#CCOc1c(Cl)cc(C=C2SC(=O)N(C(C)CC)C2=O)cc1Cl. The Balaban J connectivity index is 2.31. The Morgan fingerprint density at radius 3 is 2.54 bits per heavy atom. The van der Waals surface area contributed by atoms with Gasteiger partial charge in [-0.2, -0.15) is 0 Å². The summed E-state index contributed by atoms with van der Waals surface area (Å²) in [6.45, 7) is 3.81. The summed E-state index contributed by atoms with van der Waals surface area (Å²) in [7, 11) is 0. The number of nitrogens with zero attached hydrogens (tertiary/aromatic N) is 1. The third-order valence-electron chi connectivity index (χ3n) is 3.47. The smallest absolute Gasteiger partial charge is 0.293 e. The minimum atomic E-state index is -0.306. The van der Waals surface area contributed by atoms with E-state index in [4.69, 9.17) is 34.4 Å². The molecular formula is C17H15Cl2NO3S. The summed E-state index contributed by atoms with van der Waals surface area (Å²) >= 11 is 13.2. The van der Waals surface area contributed by atoms with Gasteiger partial charge in [-0.1, -0.05) is 36.0 Å². The van der Waals surface area contributed by atoms with Crippen LogP contribution in [0.4, 0.5) is 4.79 Å². The number of carbonyl (C=O) groups is 2. The molecule has 1 atom stereocenters.